The summed E-state index contributed by atoms with van der Waals surface area (Å²) in [6.45, 7) is 10.7. The minimum Gasteiger partial charge on any atom is -0.437 e. The monoisotopic (exact) mass is 358 g/mol. The Kier molecular flexibility index (Phi) is 4.47. The zero-order chi connectivity index (χ0) is 19.1. The topological polar surface area (TPSA) is 38.9 Å². The average Bonchev–Trinajstić information content (AvgIpc) is 3.02. The van der Waals surface area contributed by atoms with Crippen molar-refractivity contribution in [3.05, 3.63) is 58.9 Å². The van der Waals surface area contributed by atoms with E-state index in [1.807, 2.05) is 13.1 Å². The second kappa shape index (κ2) is 6.80. The fraction of sp³-hybridized carbons (Fsp3) is 0.333. The van der Waals surface area contributed by atoms with E-state index in [0.29, 0.717) is 11.6 Å². The number of pyridine rings is 2. The van der Waals surface area contributed by atoms with Gasteiger partial charge in [-0.2, -0.15) is 0 Å². The molecule has 0 bridgehead atoms. The number of nitrogens with zero attached hydrogens (tertiary/aromatic N) is 2. The summed E-state index contributed by atoms with van der Waals surface area (Å²) < 4.78 is 6.26. The van der Waals surface area contributed by atoms with Gasteiger partial charge in [0.15, 0.2) is 0 Å². The molecule has 0 fully saturated rings. The van der Waals surface area contributed by atoms with Crippen LogP contribution in [-0.4, -0.2) is 9.97 Å². The molecular weight excluding hydrogens is 332 g/mol. The third-order valence-corrected chi connectivity index (χ3v) is 5.78. The maximum absolute atomic E-state index is 6.26. The minimum atomic E-state index is 0.565. The average molecular weight is 358 g/mol. The third-order valence-electron chi connectivity index (χ3n) is 5.78. The molecule has 4 aromatic rings. The van der Waals surface area contributed by atoms with Gasteiger partial charge in [-0.15, -0.1) is 0 Å². The molecule has 0 spiro atoms. The molecule has 0 saturated carbocycles. The van der Waals surface area contributed by atoms with Crippen LogP contribution >= 0.6 is 0 Å². The molecule has 3 aromatic heterocycles. The van der Waals surface area contributed by atoms with Crippen molar-refractivity contribution in [1.29, 1.82) is 0 Å². The first-order valence-electron chi connectivity index (χ1n) is 9.79. The second-order valence-corrected chi connectivity index (χ2v) is 7.47. The molecule has 0 aliphatic carbocycles. The maximum Gasteiger partial charge on any atom is 0.227 e. The largest absolute Gasteiger partial charge is 0.437 e. The number of hydrogen-bond acceptors (Lipinski definition) is 3. The van der Waals surface area contributed by atoms with Crippen molar-refractivity contribution in [2.45, 2.75) is 53.4 Å². The van der Waals surface area contributed by atoms with Gasteiger partial charge in [0, 0.05) is 28.2 Å². The molecule has 0 aliphatic heterocycles. The lowest BCUT2D eigenvalue weighted by Gasteiger charge is -2.13. The van der Waals surface area contributed by atoms with E-state index in [9.17, 15) is 0 Å². The number of rotatable bonds is 4. The molecule has 3 heterocycles. The SMILES string of the molecule is CCC(CC)c1ccnc(-c2ccc(C)c3c2oc2nc(C)c(C)cc23)c1. The second-order valence-electron chi connectivity index (χ2n) is 7.47. The van der Waals surface area contributed by atoms with Crippen LogP contribution in [0.3, 0.4) is 0 Å². The van der Waals surface area contributed by atoms with Gasteiger partial charge in [-0.1, -0.05) is 19.9 Å². The lowest BCUT2D eigenvalue weighted by atomic mass is 9.93. The standard InChI is InChI=1S/C24H26N2O/c1-6-17(7-2)18-10-11-25-21(13-18)19-9-8-14(3)22-20-12-15(4)16(5)26-24(20)27-23(19)22/h8-13,17H,6-7H2,1-5H3. The van der Waals surface area contributed by atoms with Crippen LogP contribution in [0.5, 0.6) is 0 Å². The van der Waals surface area contributed by atoms with Crippen LogP contribution in [0.2, 0.25) is 0 Å². The van der Waals surface area contributed by atoms with Gasteiger partial charge in [-0.25, -0.2) is 4.98 Å². The number of hydrogen-bond donors (Lipinski definition) is 0. The summed E-state index contributed by atoms with van der Waals surface area (Å²) in [5.41, 5.74) is 8.34. The molecule has 0 aliphatic rings. The lowest BCUT2D eigenvalue weighted by molar-refractivity contribution is 0.641. The predicted octanol–water partition coefficient (Wildman–Crippen LogP) is 6.87. The van der Waals surface area contributed by atoms with E-state index in [1.165, 1.54) is 16.7 Å². The van der Waals surface area contributed by atoms with Crippen molar-refractivity contribution in [2.75, 3.05) is 0 Å². The quantitative estimate of drug-likeness (QED) is 0.399. The van der Waals surface area contributed by atoms with Crippen LogP contribution in [0, 0.1) is 20.8 Å². The first-order chi connectivity index (χ1) is 13.0. The molecule has 4 rings (SSSR count). The summed E-state index contributed by atoms with van der Waals surface area (Å²) in [6, 6.07) is 10.8. The number of furan rings is 1. The summed E-state index contributed by atoms with van der Waals surface area (Å²) >= 11 is 0. The zero-order valence-corrected chi connectivity index (χ0v) is 16.8. The van der Waals surface area contributed by atoms with Crippen molar-refractivity contribution in [1.82, 2.24) is 9.97 Å². The molecule has 0 N–H and O–H groups in total. The first-order valence-corrected chi connectivity index (χ1v) is 9.79. The Morgan fingerprint density at radius 1 is 0.963 bits per heavy atom. The molecule has 0 unspecified atom stereocenters. The predicted molar refractivity (Wildman–Crippen MR) is 112 cm³/mol. The van der Waals surface area contributed by atoms with Gasteiger partial charge in [-0.3, -0.25) is 4.98 Å². The number of aryl methyl sites for hydroxylation is 3. The highest BCUT2D eigenvalue weighted by atomic mass is 16.3. The molecule has 0 saturated heterocycles. The molecule has 3 nitrogen and oxygen atoms in total. The fourth-order valence-electron chi connectivity index (χ4n) is 3.97. The Balaban J connectivity index is 1.98. The van der Waals surface area contributed by atoms with Gasteiger partial charge >= 0.3 is 0 Å². The van der Waals surface area contributed by atoms with E-state index in [-0.39, 0.29) is 0 Å². The van der Waals surface area contributed by atoms with Gasteiger partial charge in [0.1, 0.15) is 5.58 Å². The van der Waals surface area contributed by atoms with Crippen LogP contribution in [0.1, 0.15) is 55.0 Å². The van der Waals surface area contributed by atoms with Crippen LogP contribution in [-0.2, 0) is 0 Å². The van der Waals surface area contributed by atoms with Gasteiger partial charge in [0.25, 0.3) is 0 Å². The van der Waals surface area contributed by atoms with Gasteiger partial charge < -0.3 is 4.42 Å². The molecular formula is C24H26N2O. The third kappa shape index (κ3) is 2.91. The van der Waals surface area contributed by atoms with Gasteiger partial charge in [0.05, 0.1) is 5.69 Å². The number of fused-ring (bicyclic) bond motifs is 3. The normalized spacial score (nSPS) is 11.8. The molecule has 1 aromatic carbocycles. The summed E-state index contributed by atoms with van der Waals surface area (Å²) in [4.78, 5) is 9.34. The van der Waals surface area contributed by atoms with Gasteiger partial charge in [0.2, 0.25) is 5.71 Å². The van der Waals surface area contributed by atoms with E-state index in [1.54, 1.807) is 0 Å². The van der Waals surface area contributed by atoms with Gasteiger partial charge in [-0.05, 0) is 80.5 Å². The van der Waals surface area contributed by atoms with E-state index in [0.717, 1.165) is 46.1 Å². The fourth-order valence-corrected chi connectivity index (χ4v) is 3.97. The highest BCUT2D eigenvalue weighted by Gasteiger charge is 2.18. The smallest absolute Gasteiger partial charge is 0.227 e. The highest BCUT2D eigenvalue weighted by molar-refractivity contribution is 6.10. The van der Waals surface area contributed by atoms with Crippen molar-refractivity contribution in [3.63, 3.8) is 0 Å². The molecule has 3 heteroatoms. The van der Waals surface area contributed by atoms with Crippen molar-refractivity contribution >= 4 is 22.1 Å². The van der Waals surface area contributed by atoms with Crippen molar-refractivity contribution < 1.29 is 4.42 Å². The zero-order valence-electron chi connectivity index (χ0n) is 16.8. The lowest BCUT2D eigenvalue weighted by Crippen LogP contribution is -1.97. The minimum absolute atomic E-state index is 0.565. The summed E-state index contributed by atoms with van der Waals surface area (Å²) in [6.07, 6.45) is 4.19. The van der Waals surface area contributed by atoms with E-state index < -0.39 is 0 Å². The van der Waals surface area contributed by atoms with E-state index >= 15 is 0 Å². The van der Waals surface area contributed by atoms with Crippen molar-refractivity contribution in [3.8, 4) is 11.3 Å². The van der Waals surface area contributed by atoms with Crippen LogP contribution < -0.4 is 0 Å². The summed E-state index contributed by atoms with van der Waals surface area (Å²) in [5.74, 6) is 0.565. The Bertz CT molecular complexity index is 1140. The molecule has 0 atom stereocenters. The molecule has 27 heavy (non-hydrogen) atoms. The maximum atomic E-state index is 6.26. The van der Waals surface area contributed by atoms with Crippen molar-refractivity contribution in [2.24, 2.45) is 0 Å². The number of benzene rings is 1. The van der Waals surface area contributed by atoms with Crippen LogP contribution in [0.25, 0.3) is 33.3 Å². The molecule has 0 radical (unpaired) electrons. The first kappa shape index (κ1) is 17.7. The summed E-state index contributed by atoms with van der Waals surface area (Å²) in [7, 11) is 0. The van der Waals surface area contributed by atoms with E-state index in [4.69, 9.17) is 4.42 Å². The molecule has 138 valence electrons. The number of aromatic nitrogens is 2. The molecule has 0 amide bonds. The Hall–Kier alpha value is -2.68. The van der Waals surface area contributed by atoms with E-state index in [2.05, 4.69) is 68.0 Å². The highest BCUT2D eigenvalue weighted by Crippen LogP contribution is 2.38. The van der Waals surface area contributed by atoms with Crippen LogP contribution in [0.15, 0.2) is 40.9 Å². The Morgan fingerprint density at radius 2 is 1.74 bits per heavy atom. The Labute approximate surface area is 160 Å². The van der Waals surface area contributed by atoms with Crippen LogP contribution in [0.4, 0.5) is 0 Å². The Morgan fingerprint density at radius 3 is 2.48 bits per heavy atom. The summed E-state index contributed by atoms with van der Waals surface area (Å²) in [5, 5.41) is 2.23.